The van der Waals surface area contributed by atoms with E-state index in [2.05, 4.69) is 19.2 Å². The smallest absolute Gasteiger partial charge is 0.227 e. The van der Waals surface area contributed by atoms with E-state index in [-0.39, 0.29) is 30.2 Å². The lowest BCUT2D eigenvalue weighted by molar-refractivity contribution is -0.127. The molecule has 7 heteroatoms. The van der Waals surface area contributed by atoms with Crippen LogP contribution in [0.4, 0.5) is 5.69 Å². The molecule has 0 radical (unpaired) electrons. The predicted octanol–water partition coefficient (Wildman–Crippen LogP) is 3.45. The van der Waals surface area contributed by atoms with Crippen molar-refractivity contribution in [2.75, 3.05) is 18.6 Å². The Morgan fingerprint density at radius 3 is 2.58 bits per heavy atom. The highest BCUT2D eigenvalue weighted by atomic mass is 16.5. The van der Waals surface area contributed by atoms with E-state index in [1.165, 1.54) is 0 Å². The Morgan fingerprint density at radius 1 is 1.16 bits per heavy atom. The normalized spacial score (nSPS) is 17.4. The minimum Gasteiger partial charge on any atom is -0.495 e. The van der Waals surface area contributed by atoms with Gasteiger partial charge >= 0.3 is 0 Å². The van der Waals surface area contributed by atoms with E-state index in [9.17, 15) is 9.59 Å². The van der Waals surface area contributed by atoms with Crippen molar-refractivity contribution in [3.63, 3.8) is 0 Å². The van der Waals surface area contributed by atoms with Gasteiger partial charge in [0.1, 0.15) is 11.6 Å². The largest absolute Gasteiger partial charge is 0.495 e. The van der Waals surface area contributed by atoms with E-state index in [0.717, 1.165) is 16.9 Å². The molecule has 3 aromatic rings. The van der Waals surface area contributed by atoms with Crippen molar-refractivity contribution in [1.82, 2.24) is 14.9 Å². The van der Waals surface area contributed by atoms with Gasteiger partial charge in [-0.05, 0) is 30.2 Å². The molecule has 0 saturated carbocycles. The first-order valence-electron chi connectivity index (χ1n) is 10.6. The van der Waals surface area contributed by atoms with Crippen LogP contribution < -0.4 is 15.0 Å². The third kappa shape index (κ3) is 3.87. The molecule has 1 aliphatic rings. The topological polar surface area (TPSA) is 76.5 Å². The minimum absolute atomic E-state index is 0.0755. The summed E-state index contributed by atoms with van der Waals surface area (Å²) < 4.78 is 7.42. The number of anilines is 1. The van der Waals surface area contributed by atoms with Crippen LogP contribution in [0, 0.1) is 11.8 Å². The number of fused-ring (bicyclic) bond motifs is 1. The third-order valence-corrected chi connectivity index (χ3v) is 5.94. The second kappa shape index (κ2) is 8.41. The highest BCUT2D eigenvalue weighted by Gasteiger charge is 2.37. The van der Waals surface area contributed by atoms with Gasteiger partial charge in [0.25, 0.3) is 0 Å². The fourth-order valence-corrected chi connectivity index (χ4v) is 4.21. The number of rotatable bonds is 6. The van der Waals surface area contributed by atoms with Crippen molar-refractivity contribution >= 4 is 28.5 Å². The van der Waals surface area contributed by atoms with Crippen molar-refractivity contribution in [2.24, 2.45) is 18.9 Å². The van der Waals surface area contributed by atoms with Crippen LogP contribution in [0.25, 0.3) is 11.0 Å². The molecule has 162 valence electrons. The van der Waals surface area contributed by atoms with Gasteiger partial charge in [-0.3, -0.25) is 9.59 Å². The average molecular weight is 421 g/mol. The number of carbonyl (C=O) groups excluding carboxylic acids is 2. The first kappa shape index (κ1) is 20.9. The first-order chi connectivity index (χ1) is 14.9. The SMILES string of the molecule is COc1ccccc1N1C[C@H](C(=O)N[C@H](c2nc3ccccc3n2C)C(C)C)CC1=O. The number of ether oxygens (including phenoxy) is 1. The van der Waals surface area contributed by atoms with Gasteiger partial charge < -0.3 is 19.5 Å². The molecule has 0 bridgehead atoms. The highest BCUT2D eigenvalue weighted by molar-refractivity contribution is 6.01. The molecule has 7 nitrogen and oxygen atoms in total. The Labute approximate surface area is 182 Å². The number of para-hydroxylation sites is 4. The van der Waals surface area contributed by atoms with Crippen LogP contribution in [-0.2, 0) is 16.6 Å². The molecule has 2 aromatic carbocycles. The zero-order valence-electron chi connectivity index (χ0n) is 18.3. The molecule has 1 fully saturated rings. The van der Waals surface area contributed by atoms with Crippen molar-refractivity contribution in [2.45, 2.75) is 26.3 Å². The monoisotopic (exact) mass is 420 g/mol. The van der Waals surface area contributed by atoms with Crippen molar-refractivity contribution < 1.29 is 14.3 Å². The van der Waals surface area contributed by atoms with Gasteiger partial charge in [-0.25, -0.2) is 4.98 Å². The number of hydrogen-bond donors (Lipinski definition) is 1. The number of carbonyl (C=O) groups is 2. The number of methoxy groups -OCH3 is 1. The lowest BCUT2D eigenvalue weighted by Gasteiger charge is -2.24. The number of benzene rings is 2. The first-order valence-corrected chi connectivity index (χ1v) is 10.6. The van der Waals surface area contributed by atoms with Gasteiger partial charge in [0.15, 0.2) is 0 Å². The fourth-order valence-electron chi connectivity index (χ4n) is 4.21. The number of hydrogen-bond acceptors (Lipinski definition) is 4. The zero-order valence-corrected chi connectivity index (χ0v) is 18.3. The second-order valence-corrected chi connectivity index (χ2v) is 8.33. The fraction of sp³-hybridized carbons (Fsp3) is 0.375. The molecule has 2 amide bonds. The summed E-state index contributed by atoms with van der Waals surface area (Å²) in [5.41, 5.74) is 2.62. The van der Waals surface area contributed by atoms with E-state index in [4.69, 9.17) is 9.72 Å². The van der Waals surface area contributed by atoms with Crippen LogP contribution in [0.3, 0.4) is 0 Å². The molecule has 0 spiro atoms. The second-order valence-electron chi connectivity index (χ2n) is 8.33. The van der Waals surface area contributed by atoms with Crippen LogP contribution in [-0.4, -0.2) is 35.0 Å². The lowest BCUT2D eigenvalue weighted by atomic mass is 10.0. The summed E-state index contributed by atoms with van der Waals surface area (Å²) in [6, 6.07) is 15.1. The van der Waals surface area contributed by atoms with E-state index in [0.29, 0.717) is 18.0 Å². The standard InChI is InChI=1S/C24H28N4O3/c1-15(2)22(23-25-17-9-5-6-10-18(17)27(23)3)26-24(30)16-13-21(29)28(14-16)19-11-7-8-12-20(19)31-4/h5-12,15-16,22H,13-14H2,1-4H3,(H,26,30)/t16-,22+/m1/s1. The number of nitrogens with zero attached hydrogens (tertiary/aromatic N) is 3. The quantitative estimate of drug-likeness (QED) is 0.663. The lowest BCUT2D eigenvalue weighted by Crippen LogP contribution is -2.38. The zero-order chi connectivity index (χ0) is 22.1. The molecule has 2 heterocycles. The van der Waals surface area contributed by atoms with Gasteiger partial charge in [0.05, 0.1) is 35.8 Å². The molecular weight excluding hydrogens is 392 g/mol. The highest BCUT2D eigenvalue weighted by Crippen LogP contribution is 2.33. The molecule has 31 heavy (non-hydrogen) atoms. The van der Waals surface area contributed by atoms with E-state index < -0.39 is 5.92 Å². The molecule has 4 rings (SSSR count). The van der Waals surface area contributed by atoms with Crippen LogP contribution >= 0.6 is 0 Å². The van der Waals surface area contributed by atoms with Gasteiger partial charge in [-0.15, -0.1) is 0 Å². The van der Waals surface area contributed by atoms with Crippen LogP contribution in [0.5, 0.6) is 5.75 Å². The summed E-state index contributed by atoms with van der Waals surface area (Å²) in [7, 11) is 3.54. The van der Waals surface area contributed by atoms with Gasteiger partial charge in [-0.2, -0.15) is 0 Å². The van der Waals surface area contributed by atoms with Crippen molar-refractivity contribution in [3.05, 3.63) is 54.4 Å². The summed E-state index contributed by atoms with van der Waals surface area (Å²) >= 11 is 0. The van der Waals surface area contributed by atoms with Gasteiger partial charge in [0, 0.05) is 20.0 Å². The Kier molecular flexibility index (Phi) is 5.67. The molecule has 1 aromatic heterocycles. The minimum atomic E-state index is -0.423. The van der Waals surface area contributed by atoms with Crippen LogP contribution in [0.2, 0.25) is 0 Å². The molecule has 1 aliphatic heterocycles. The number of amides is 2. The summed E-state index contributed by atoms with van der Waals surface area (Å²) in [6.07, 6.45) is 0.178. The van der Waals surface area contributed by atoms with E-state index in [1.807, 2.05) is 60.1 Å². The maximum absolute atomic E-state index is 13.2. The molecular formula is C24H28N4O3. The number of imidazole rings is 1. The number of nitrogens with one attached hydrogen (secondary N) is 1. The molecule has 2 atom stereocenters. The maximum Gasteiger partial charge on any atom is 0.227 e. The molecule has 1 N–H and O–H groups in total. The number of aromatic nitrogens is 2. The molecule has 0 unspecified atom stereocenters. The van der Waals surface area contributed by atoms with Crippen molar-refractivity contribution in [1.29, 1.82) is 0 Å². The van der Waals surface area contributed by atoms with E-state index >= 15 is 0 Å². The van der Waals surface area contributed by atoms with Gasteiger partial charge in [-0.1, -0.05) is 38.1 Å². The van der Waals surface area contributed by atoms with Crippen LogP contribution in [0.15, 0.2) is 48.5 Å². The van der Waals surface area contributed by atoms with Crippen molar-refractivity contribution in [3.8, 4) is 5.75 Å². The van der Waals surface area contributed by atoms with Crippen LogP contribution in [0.1, 0.15) is 32.1 Å². The summed E-state index contributed by atoms with van der Waals surface area (Å²) in [6.45, 7) is 4.45. The predicted molar refractivity (Wildman–Crippen MR) is 120 cm³/mol. The average Bonchev–Trinajstić information content (AvgIpc) is 3.32. The number of aryl methyl sites for hydroxylation is 1. The Balaban J connectivity index is 1.55. The summed E-state index contributed by atoms with van der Waals surface area (Å²) in [5.74, 6) is 0.951. The molecule has 0 aliphatic carbocycles. The van der Waals surface area contributed by atoms with Gasteiger partial charge in [0.2, 0.25) is 11.8 Å². The summed E-state index contributed by atoms with van der Waals surface area (Å²) in [5, 5.41) is 3.17. The molecule has 1 saturated heterocycles. The van der Waals surface area contributed by atoms with E-state index in [1.54, 1.807) is 12.0 Å². The Bertz CT molecular complexity index is 1120. The third-order valence-electron chi connectivity index (χ3n) is 5.94. The Hall–Kier alpha value is -3.35. The Morgan fingerprint density at radius 2 is 1.87 bits per heavy atom. The summed E-state index contributed by atoms with van der Waals surface area (Å²) in [4.78, 5) is 32.3. The maximum atomic E-state index is 13.2.